The third kappa shape index (κ3) is 5.35. The summed E-state index contributed by atoms with van der Waals surface area (Å²) in [6.45, 7) is 3.59. The Morgan fingerprint density at radius 2 is 1.25 bits per heavy atom. The molecule has 3 aromatic rings. The predicted octanol–water partition coefficient (Wildman–Crippen LogP) is 5.66. The highest BCUT2D eigenvalue weighted by molar-refractivity contribution is 7.90. The number of sulfonamides is 1. The standard InChI is InChI=1S/C23H20ClN3O4S/c1-2-21(17-13-15-18(24)16-14-17)32(30,31)27(22(28)25-19-9-5-3-6-10-19)23(29)26-20-11-7-4-8-12-20/h2-16,21H,1H2,(H,25,28)(H,26,29). The fourth-order valence-electron chi connectivity index (χ4n) is 2.91. The van der Waals surface area contributed by atoms with Crippen LogP contribution in [0.4, 0.5) is 21.0 Å². The summed E-state index contributed by atoms with van der Waals surface area (Å²) in [6, 6.07) is 20.2. The zero-order valence-electron chi connectivity index (χ0n) is 16.8. The molecule has 0 saturated carbocycles. The molecule has 0 aromatic heterocycles. The third-order valence-electron chi connectivity index (χ3n) is 4.41. The van der Waals surface area contributed by atoms with Gasteiger partial charge in [0.1, 0.15) is 5.25 Å². The summed E-state index contributed by atoms with van der Waals surface area (Å²) in [5.41, 5.74) is 0.952. The van der Waals surface area contributed by atoms with Gasteiger partial charge in [0.2, 0.25) is 0 Å². The minimum absolute atomic E-state index is 0.175. The normalized spacial score (nSPS) is 11.8. The largest absolute Gasteiger partial charge is 0.344 e. The summed E-state index contributed by atoms with van der Waals surface area (Å²) < 4.78 is 27.2. The number of halogens is 1. The molecule has 0 spiro atoms. The second-order valence-corrected chi connectivity index (χ2v) is 8.95. The zero-order valence-corrected chi connectivity index (χ0v) is 18.4. The van der Waals surface area contributed by atoms with Gasteiger partial charge in [0.15, 0.2) is 0 Å². The Hall–Kier alpha value is -3.62. The number of rotatable bonds is 6. The molecule has 0 radical (unpaired) electrons. The number of para-hydroxylation sites is 2. The van der Waals surface area contributed by atoms with E-state index in [0.29, 0.717) is 22.0 Å². The first-order valence-corrected chi connectivity index (χ1v) is 11.4. The van der Waals surface area contributed by atoms with Crippen LogP contribution in [0.5, 0.6) is 0 Å². The lowest BCUT2D eigenvalue weighted by atomic mass is 10.1. The maximum Gasteiger partial charge on any atom is 0.344 e. The third-order valence-corrected chi connectivity index (χ3v) is 6.61. The molecule has 0 aliphatic carbocycles. The molecule has 1 atom stereocenters. The van der Waals surface area contributed by atoms with Crippen LogP contribution in [0.3, 0.4) is 0 Å². The second-order valence-electron chi connectivity index (χ2n) is 6.61. The van der Waals surface area contributed by atoms with Gasteiger partial charge in [0.05, 0.1) is 0 Å². The molecule has 3 aromatic carbocycles. The van der Waals surface area contributed by atoms with Gasteiger partial charge in [-0.2, -0.15) is 0 Å². The van der Waals surface area contributed by atoms with Crippen LogP contribution in [-0.4, -0.2) is 24.8 Å². The first kappa shape index (κ1) is 23.1. The number of amides is 4. The van der Waals surface area contributed by atoms with Crippen molar-refractivity contribution < 1.29 is 18.0 Å². The van der Waals surface area contributed by atoms with Crippen molar-refractivity contribution in [3.8, 4) is 0 Å². The number of imide groups is 1. The van der Waals surface area contributed by atoms with Crippen LogP contribution in [0.1, 0.15) is 10.8 Å². The van der Waals surface area contributed by atoms with Crippen LogP contribution in [0.15, 0.2) is 97.6 Å². The Labute approximate surface area is 191 Å². The van der Waals surface area contributed by atoms with Crippen molar-refractivity contribution in [3.05, 3.63) is 108 Å². The average molecular weight is 470 g/mol. The molecule has 0 fully saturated rings. The van der Waals surface area contributed by atoms with Gasteiger partial charge in [-0.3, -0.25) is 0 Å². The van der Waals surface area contributed by atoms with Crippen molar-refractivity contribution in [3.63, 3.8) is 0 Å². The Balaban J connectivity index is 2.00. The molecule has 0 aliphatic heterocycles. The predicted molar refractivity (Wildman–Crippen MR) is 126 cm³/mol. The molecule has 7 nitrogen and oxygen atoms in total. The number of anilines is 2. The fourth-order valence-corrected chi connectivity index (χ4v) is 4.56. The zero-order chi connectivity index (χ0) is 23.1. The van der Waals surface area contributed by atoms with Crippen molar-refractivity contribution in [2.75, 3.05) is 10.6 Å². The van der Waals surface area contributed by atoms with Gasteiger partial charge in [-0.1, -0.05) is 66.2 Å². The number of nitrogens with one attached hydrogen (secondary N) is 2. The number of carbonyl (C=O) groups excluding carboxylic acids is 2. The molecule has 0 aliphatic rings. The van der Waals surface area contributed by atoms with Crippen molar-refractivity contribution in [1.29, 1.82) is 0 Å². The van der Waals surface area contributed by atoms with Crippen LogP contribution < -0.4 is 10.6 Å². The lowest BCUT2D eigenvalue weighted by molar-refractivity contribution is 0.222. The number of hydrogen-bond donors (Lipinski definition) is 2. The van der Waals surface area contributed by atoms with Crippen LogP contribution in [0.2, 0.25) is 5.02 Å². The Morgan fingerprint density at radius 1 is 0.812 bits per heavy atom. The Kier molecular flexibility index (Phi) is 7.29. The maximum absolute atomic E-state index is 13.5. The summed E-state index contributed by atoms with van der Waals surface area (Å²) in [5, 5.41) is 3.93. The van der Waals surface area contributed by atoms with E-state index in [-0.39, 0.29) is 4.31 Å². The summed E-state index contributed by atoms with van der Waals surface area (Å²) >= 11 is 5.90. The molecule has 4 amide bonds. The van der Waals surface area contributed by atoms with Crippen molar-refractivity contribution >= 4 is 45.1 Å². The van der Waals surface area contributed by atoms with Crippen LogP contribution in [0.25, 0.3) is 0 Å². The minimum Gasteiger partial charge on any atom is -0.307 e. The van der Waals surface area contributed by atoms with Crippen LogP contribution in [-0.2, 0) is 10.0 Å². The smallest absolute Gasteiger partial charge is 0.307 e. The molecule has 2 N–H and O–H groups in total. The summed E-state index contributed by atoms with van der Waals surface area (Å²) in [4.78, 5) is 26.0. The molecule has 164 valence electrons. The fraction of sp³-hybridized carbons (Fsp3) is 0.0435. The highest BCUT2D eigenvalue weighted by Gasteiger charge is 2.40. The first-order chi connectivity index (χ1) is 15.3. The van der Waals surface area contributed by atoms with E-state index in [1.807, 2.05) is 0 Å². The Morgan fingerprint density at radius 3 is 1.66 bits per heavy atom. The number of hydrogen-bond acceptors (Lipinski definition) is 4. The van der Waals surface area contributed by atoms with Gasteiger partial charge in [0, 0.05) is 16.4 Å². The molecule has 0 saturated heterocycles. The van der Waals surface area contributed by atoms with Crippen LogP contribution >= 0.6 is 11.6 Å². The Bertz CT molecular complexity index is 1150. The van der Waals surface area contributed by atoms with Gasteiger partial charge in [-0.15, -0.1) is 10.9 Å². The van der Waals surface area contributed by atoms with Crippen molar-refractivity contribution in [1.82, 2.24) is 4.31 Å². The highest BCUT2D eigenvalue weighted by atomic mass is 35.5. The van der Waals surface area contributed by atoms with Gasteiger partial charge < -0.3 is 10.6 Å². The van der Waals surface area contributed by atoms with E-state index in [1.165, 1.54) is 24.3 Å². The van der Waals surface area contributed by atoms with E-state index in [2.05, 4.69) is 17.2 Å². The average Bonchev–Trinajstić information content (AvgIpc) is 2.76. The second kappa shape index (κ2) is 10.1. The topological polar surface area (TPSA) is 95.6 Å². The number of nitrogens with zero attached hydrogens (tertiary/aromatic N) is 1. The van der Waals surface area contributed by atoms with Crippen LogP contribution in [0, 0.1) is 0 Å². The van der Waals surface area contributed by atoms with E-state index in [1.54, 1.807) is 60.7 Å². The lowest BCUT2D eigenvalue weighted by Gasteiger charge is -2.25. The van der Waals surface area contributed by atoms with Gasteiger partial charge >= 0.3 is 12.1 Å². The molecule has 3 rings (SSSR count). The summed E-state index contributed by atoms with van der Waals surface area (Å²) in [5.74, 6) is 0. The van der Waals surface area contributed by atoms with E-state index < -0.39 is 27.3 Å². The maximum atomic E-state index is 13.5. The summed E-state index contributed by atoms with van der Waals surface area (Å²) in [7, 11) is -4.57. The quantitative estimate of drug-likeness (QED) is 0.455. The number of benzene rings is 3. The first-order valence-electron chi connectivity index (χ1n) is 9.47. The van der Waals surface area contributed by atoms with Crippen molar-refractivity contribution in [2.24, 2.45) is 0 Å². The van der Waals surface area contributed by atoms with E-state index >= 15 is 0 Å². The van der Waals surface area contributed by atoms with Gasteiger partial charge in [0.25, 0.3) is 10.0 Å². The van der Waals surface area contributed by atoms with E-state index in [0.717, 1.165) is 6.08 Å². The molecule has 0 bridgehead atoms. The lowest BCUT2D eigenvalue weighted by Crippen LogP contribution is -2.47. The molecule has 1 unspecified atom stereocenters. The highest BCUT2D eigenvalue weighted by Crippen LogP contribution is 2.29. The minimum atomic E-state index is -4.57. The SMILES string of the molecule is C=CC(c1ccc(Cl)cc1)S(=O)(=O)N(C(=O)Nc1ccccc1)C(=O)Nc1ccccc1. The summed E-state index contributed by atoms with van der Waals surface area (Å²) in [6.07, 6.45) is 1.15. The molecule has 0 heterocycles. The molecular formula is C23H20ClN3O4S. The van der Waals surface area contributed by atoms with Gasteiger partial charge in [-0.05, 0) is 42.0 Å². The van der Waals surface area contributed by atoms with E-state index in [9.17, 15) is 18.0 Å². The molecule has 32 heavy (non-hydrogen) atoms. The van der Waals surface area contributed by atoms with E-state index in [4.69, 9.17) is 11.6 Å². The number of urea groups is 2. The monoisotopic (exact) mass is 469 g/mol. The van der Waals surface area contributed by atoms with Crippen molar-refractivity contribution in [2.45, 2.75) is 5.25 Å². The molecule has 9 heteroatoms. The molecular weight excluding hydrogens is 450 g/mol. The number of carbonyl (C=O) groups is 2. The van der Waals surface area contributed by atoms with Gasteiger partial charge in [-0.25, -0.2) is 18.0 Å².